The fraction of sp³-hybridized carbons (Fsp3) is 0.316. The smallest absolute Gasteiger partial charge is 0.237 e. The molecule has 0 saturated heterocycles. The molecule has 0 saturated carbocycles. The first-order valence-electron chi connectivity index (χ1n) is 8.02. The molecule has 2 unspecified atom stereocenters. The average molecular weight is 365 g/mol. The fourth-order valence-corrected chi connectivity index (χ4v) is 2.99. The lowest BCUT2D eigenvalue weighted by molar-refractivity contribution is -0.124. The van der Waals surface area contributed by atoms with Gasteiger partial charge in [0, 0.05) is 6.54 Å². The van der Waals surface area contributed by atoms with Crippen LogP contribution in [0.4, 0.5) is 4.39 Å². The van der Waals surface area contributed by atoms with E-state index in [1.165, 1.54) is 24.3 Å². The molecule has 0 aromatic heterocycles. The summed E-state index contributed by atoms with van der Waals surface area (Å²) >= 11 is 0. The molecule has 4 nitrogen and oxygen atoms in total. The van der Waals surface area contributed by atoms with Crippen molar-refractivity contribution >= 4 is 18.3 Å². The molecule has 3 rings (SSSR count). The summed E-state index contributed by atoms with van der Waals surface area (Å²) in [6.07, 6.45) is 0.658. The van der Waals surface area contributed by atoms with Gasteiger partial charge >= 0.3 is 0 Å². The van der Waals surface area contributed by atoms with Crippen LogP contribution in [0.2, 0.25) is 0 Å². The van der Waals surface area contributed by atoms with E-state index in [0.29, 0.717) is 18.5 Å². The number of halogens is 2. The van der Waals surface area contributed by atoms with Gasteiger partial charge in [-0.05, 0) is 42.2 Å². The van der Waals surface area contributed by atoms with Gasteiger partial charge in [-0.1, -0.05) is 30.3 Å². The number of nitrogens with one attached hydrogen (secondary N) is 2. The van der Waals surface area contributed by atoms with E-state index in [1.54, 1.807) is 12.1 Å². The summed E-state index contributed by atoms with van der Waals surface area (Å²) in [5.74, 6) is -0.308. The van der Waals surface area contributed by atoms with E-state index in [9.17, 15) is 9.18 Å². The molecule has 2 N–H and O–H groups in total. The predicted octanol–water partition coefficient (Wildman–Crippen LogP) is 3.15. The number of carbonyl (C=O) groups excluding carboxylic acids is 1. The van der Waals surface area contributed by atoms with Gasteiger partial charge in [0.15, 0.2) is 11.6 Å². The normalized spacial score (nSPS) is 17.0. The molecule has 25 heavy (non-hydrogen) atoms. The van der Waals surface area contributed by atoms with Gasteiger partial charge in [0.25, 0.3) is 0 Å². The molecule has 2 aromatic carbocycles. The molecule has 1 aliphatic rings. The van der Waals surface area contributed by atoms with Crippen molar-refractivity contribution in [1.82, 2.24) is 10.6 Å². The second-order valence-corrected chi connectivity index (χ2v) is 6.03. The minimum Gasteiger partial charge on any atom is -0.494 e. The quantitative estimate of drug-likeness (QED) is 0.876. The van der Waals surface area contributed by atoms with Crippen molar-refractivity contribution in [2.24, 2.45) is 0 Å². The molecule has 2 atom stereocenters. The van der Waals surface area contributed by atoms with E-state index >= 15 is 0 Å². The van der Waals surface area contributed by atoms with Gasteiger partial charge in [0.2, 0.25) is 5.91 Å². The van der Waals surface area contributed by atoms with E-state index in [2.05, 4.69) is 22.8 Å². The number of methoxy groups -OCH3 is 1. The summed E-state index contributed by atoms with van der Waals surface area (Å²) in [6.45, 7) is 2.52. The summed E-state index contributed by atoms with van der Waals surface area (Å²) in [7, 11) is 1.43. The third-order valence-electron chi connectivity index (χ3n) is 4.43. The van der Waals surface area contributed by atoms with E-state index in [0.717, 1.165) is 0 Å². The van der Waals surface area contributed by atoms with Crippen LogP contribution < -0.4 is 15.4 Å². The molecule has 0 radical (unpaired) electrons. The monoisotopic (exact) mass is 364 g/mol. The topological polar surface area (TPSA) is 50.4 Å². The number of carbonyl (C=O) groups is 1. The Bertz CT molecular complexity index is 754. The highest BCUT2D eigenvalue weighted by molar-refractivity contribution is 5.85. The second kappa shape index (κ2) is 8.32. The van der Waals surface area contributed by atoms with E-state index in [1.807, 2.05) is 19.1 Å². The van der Waals surface area contributed by atoms with Crippen molar-refractivity contribution in [3.05, 3.63) is 65.0 Å². The Morgan fingerprint density at radius 1 is 1.28 bits per heavy atom. The number of fused-ring (bicyclic) bond motifs is 1. The molecule has 0 bridgehead atoms. The molecule has 0 spiro atoms. The molecule has 1 aliphatic heterocycles. The Balaban J connectivity index is 0.00000225. The van der Waals surface area contributed by atoms with Crippen molar-refractivity contribution < 1.29 is 13.9 Å². The molecular formula is C19H22ClFN2O2. The highest BCUT2D eigenvalue weighted by Crippen LogP contribution is 2.22. The van der Waals surface area contributed by atoms with Crippen LogP contribution in [-0.2, 0) is 17.8 Å². The molecule has 6 heteroatoms. The Hall–Kier alpha value is -2.11. The van der Waals surface area contributed by atoms with Crippen LogP contribution >= 0.6 is 12.4 Å². The highest BCUT2D eigenvalue weighted by Gasteiger charge is 2.25. The van der Waals surface area contributed by atoms with Crippen molar-refractivity contribution in [3.63, 3.8) is 0 Å². The molecule has 2 aromatic rings. The number of hydrogen-bond donors (Lipinski definition) is 2. The minimum atomic E-state index is -0.430. The summed E-state index contributed by atoms with van der Waals surface area (Å²) in [4.78, 5) is 12.5. The number of rotatable bonds is 4. The standard InChI is InChI=1S/C19H21FN2O2.ClH/c1-12(13-7-8-18(24-2)16(20)9-13)22-19(23)17-10-14-5-3-4-6-15(14)11-21-17;/h3-9,12,17,21H,10-11H2,1-2H3,(H,22,23);1H. The number of amides is 1. The van der Waals surface area contributed by atoms with Crippen molar-refractivity contribution in [3.8, 4) is 5.75 Å². The van der Waals surface area contributed by atoms with Gasteiger partial charge in [-0.25, -0.2) is 4.39 Å². The third kappa shape index (κ3) is 4.30. The Labute approximate surface area is 153 Å². The minimum absolute atomic E-state index is 0. The Morgan fingerprint density at radius 3 is 2.68 bits per heavy atom. The zero-order chi connectivity index (χ0) is 17.1. The third-order valence-corrected chi connectivity index (χ3v) is 4.43. The Kier molecular flexibility index (Phi) is 6.39. The van der Waals surface area contributed by atoms with Crippen molar-refractivity contribution in [2.75, 3.05) is 7.11 Å². The number of benzene rings is 2. The maximum atomic E-state index is 13.8. The zero-order valence-corrected chi connectivity index (χ0v) is 15.0. The van der Waals surface area contributed by atoms with Crippen LogP contribution in [0.3, 0.4) is 0 Å². The molecule has 1 heterocycles. The lowest BCUT2D eigenvalue weighted by Crippen LogP contribution is -2.48. The lowest BCUT2D eigenvalue weighted by Gasteiger charge is -2.27. The summed E-state index contributed by atoms with van der Waals surface area (Å²) in [5.41, 5.74) is 3.13. The van der Waals surface area contributed by atoms with Crippen LogP contribution in [0.1, 0.15) is 29.7 Å². The molecule has 1 amide bonds. The highest BCUT2D eigenvalue weighted by atomic mass is 35.5. The van der Waals surface area contributed by atoms with Crippen LogP contribution in [0.15, 0.2) is 42.5 Å². The maximum absolute atomic E-state index is 13.8. The van der Waals surface area contributed by atoms with Gasteiger partial charge in [-0.2, -0.15) is 0 Å². The van der Waals surface area contributed by atoms with Gasteiger partial charge in [0.05, 0.1) is 19.2 Å². The van der Waals surface area contributed by atoms with E-state index in [-0.39, 0.29) is 36.1 Å². The van der Waals surface area contributed by atoms with Crippen LogP contribution in [-0.4, -0.2) is 19.1 Å². The van der Waals surface area contributed by atoms with Gasteiger partial charge < -0.3 is 15.4 Å². The van der Waals surface area contributed by atoms with Crippen molar-refractivity contribution in [1.29, 1.82) is 0 Å². The van der Waals surface area contributed by atoms with Gasteiger partial charge in [-0.3, -0.25) is 4.79 Å². The first-order chi connectivity index (χ1) is 11.6. The lowest BCUT2D eigenvalue weighted by atomic mass is 9.95. The number of hydrogen-bond acceptors (Lipinski definition) is 3. The average Bonchev–Trinajstić information content (AvgIpc) is 2.61. The molecular weight excluding hydrogens is 343 g/mol. The predicted molar refractivity (Wildman–Crippen MR) is 97.5 cm³/mol. The zero-order valence-electron chi connectivity index (χ0n) is 14.2. The molecule has 0 fully saturated rings. The van der Waals surface area contributed by atoms with Gasteiger partial charge in [0.1, 0.15) is 0 Å². The van der Waals surface area contributed by atoms with E-state index in [4.69, 9.17) is 4.74 Å². The van der Waals surface area contributed by atoms with E-state index < -0.39 is 5.82 Å². The SMILES string of the molecule is COc1ccc(C(C)NC(=O)C2Cc3ccccc3CN2)cc1F.Cl. The maximum Gasteiger partial charge on any atom is 0.237 e. The summed E-state index contributed by atoms with van der Waals surface area (Å²) < 4.78 is 18.7. The largest absolute Gasteiger partial charge is 0.494 e. The first-order valence-corrected chi connectivity index (χ1v) is 8.02. The molecule has 0 aliphatic carbocycles. The Morgan fingerprint density at radius 2 is 2.00 bits per heavy atom. The van der Waals surface area contributed by atoms with Crippen LogP contribution in [0, 0.1) is 5.82 Å². The second-order valence-electron chi connectivity index (χ2n) is 6.03. The molecule has 134 valence electrons. The van der Waals surface area contributed by atoms with Gasteiger partial charge in [-0.15, -0.1) is 12.4 Å². The number of ether oxygens (including phenoxy) is 1. The summed E-state index contributed by atoms with van der Waals surface area (Å²) in [5, 5.41) is 6.21. The first kappa shape index (κ1) is 19.2. The summed E-state index contributed by atoms with van der Waals surface area (Å²) in [6, 6.07) is 12.3. The van der Waals surface area contributed by atoms with Crippen LogP contribution in [0.5, 0.6) is 5.75 Å². The van der Waals surface area contributed by atoms with Crippen molar-refractivity contribution in [2.45, 2.75) is 32.0 Å². The fourth-order valence-electron chi connectivity index (χ4n) is 2.99. The van der Waals surface area contributed by atoms with Crippen LogP contribution in [0.25, 0.3) is 0 Å².